The lowest BCUT2D eigenvalue weighted by Crippen LogP contribution is -2.34. The summed E-state index contributed by atoms with van der Waals surface area (Å²) >= 11 is 0. The van der Waals surface area contributed by atoms with E-state index in [1.165, 1.54) is 103 Å². The number of rotatable bonds is 16. The third-order valence-electron chi connectivity index (χ3n) is 5.19. The third kappa shape index (κ3) is 11.4. The van der Waals surface area contributed by atoms with Gasteiger partial charge in [0.05, 0.1) is 0 Å². The molecule has 1 aromatic heterocycles. The average molecular weight is 347 g/mol. The zero-order chi connectivity index (χ0) is 18.2. The zero-order valence-electron chi connectivity index (χ0n) is 17.5. The first-order valence-corrected chi connectivity index (χ1v) is 11.3. The van der Waals surface area contributed by atoms with Gasteiger partial charge in [0, 0.05) is 17.5 Å². The Balaban J connectivity index is 2.55. The second kappa shape index (κ2) is 15.4. The summed E-state index contributed by atoms with van der Waals surface area (Å²) in [5.74, 6) is 0. The van der Waals surface area contributed by atoms with E-state index in [1.54, 1.807) is 11.1 Å². The van der Waals surface area contributed by atoms with Gasteiger partial charge >= 0.3 is 0 Å². The predicted molar refractivity (Wildman–Crippen MR) is 111 cm³/mol. The average Bonchev–Trinajstić information content (AvgIpc) is 2.62. The topological polar surface area (TPSA) is 3.88 Å². The molecule has 0 spiro atoms. The Morgan fingerprint density at radius 1 is 0.560 bits per heavy atom. The molecule has 0 radical (unpaired) electrons. The molecule has 0 aromatic carbocycles. The molecule has 0 aliphatic rings. The van der Waals surface area contributed by atoms with Gasteiger partial charge in [0.15, 0.2) is 12.4 Å². The number of nitrogens with zero attached hydrogens (tertiary/aromatic N) is 1. The Morgan fingerprint density at radius 2 is 1.00 bits per heavy atom. The molecule has 1 nitrogen and oxygen atoms in total. The van der Waals surface area contributed by atoms with E-state index in [0.29, 0.717) is 0 Å². The minimum atomic E-state index is 1.20. The molecule has 0 atom stereocenters. The van der Waals surface area contributed by atoms with Crippen molar-refractivity contribution in [2.75, 3.05) is 0 Å². The van der Waals surface area contributed by atoms with Crippen LogP contribution in [0.4, 0.5) is 0 Å². The van der Waals surface area contributed by atoms with Gasteiger partial charge < -0.3 is 0 Å². The molecule has 1 heterocycles. The van der Waals surface area contributed by atoms with Crippen LogP contribution >= 0.6 is 0 Å². The lowest BCUT2D eigenvalue weighted by atomic mass is 10.0. The molecule has 1 rings (SSSR count). The van der Waals surface area contributed by atoms with Crippen molar-refractivity contribution < 1.29 is 4.57 Å². The molecular formula is C24H44N+. The van der Waals surface area contributed by atoms with Gasteiger partial charge in [-0.2, -0.15) is 0 Å². The highest BCUT2D eigenvalue weighted by molar-refractivity contribution is 5.15. The predicted octanol–water partition coefficient (Wildman–Crippen LogP) is 7.19. The van der Waals surface area contributed by atoms with Crippen LogP contribution in [-0.4, -0.2) is 0 Å². The zero-order valence-corrected chi connectivity index (χ0v) is 17.5. The molecule has 0 N–H and O–H groups in total. The number of aryl methyl sites for hydroxylation is 3. The Labute approximate surface area is 158 Å². The van der Waals surface area contributed by atoms with Gasteiger partial charge in [-0.25, -0.2) is 4.57 Å². The lowest BCUT2D eigenvalue weighted by Gasteiger charge is -2.07. The first-order valence-electron chi connectivity index (χ1n) is 11.3. The Hall–Kier alpha value is -0.850. The van der Waals surface area contributed by atoms with E-state index < -0.39 is 0 Å². The quantitative estimate of drug-likeness (QED) is 0.220. The highest BCUT2D eigenvalue weighted by Crippen LogP contribution is 2.12. The maximum Gasteiger partial charge on any atom is 0.171 e. The molecule has 0 fully saturated rings. The van der Waals surface area contributed by atoms with Gasteiger partial charge in [0.1, 0.15) is 6.54 Å². The van der Waals surface area contributed by atoms with E-state index in [4.69, 9.17) is 0 Å². The summed E-state index contributed by atoms with van der Waals surface area (Å²) in [5, 5.41) is 0. The van der Waals surface area contributed by atoms with Gasteiger partial charge in [0.2, 0.25) is 0 Å². The van der Waals surface area contributed by atoms with Gasteiger partial charge in [-0.3, -0.25) is 0 Å². The van der Waals surface area contributed by atoms with Gasteiger partial charge in [-0.05, 0) is 38.2 Å². The minimum Gasteiger partial charge on any atom is -0.205 e. The fraction of sp³-hybridized carbons (Fsp3) is 0.792. The van der Waals surface area contributed by atoms with Crippen LogP contribution in [0.3, 0.4) is 0 Å². The second-order valence-corrected chi connectivity index (χ2v) is 7.83. The third-order valence-corrected chi connectivity index (χ3v) is 5.19. The molecule has 0 saturated heterocycles. The van der Waals surface area contributed by atoms with Crippen molar-refractivity contribution in [3.05, 3.63) is 29.6 Å². The number of hydrogen-bond acceptors (Lipinski definition) is 0. The fourth-order valence-corrected chi connectivity index (χ4v) is 3.59. The van der Waals surface area contributed by atoms with Crippen LogP contribution < -0.4 is 4.57 Å². The van der Waals surface area contributed by atoms with Crippen molar-refractivity contribution in [3.63, 3.8) is 0 Å². The van der Waals surface area contributed by atoms with Crippen LogP contribution in [-0.2, 0) is 19.4 Å². The Morgan fingerprint density at radius 3 is 1.48 bits per heavy atom. The smallest absolute Gasteiger partial charge is 0.171 e. The van der Waals surface area contributed by atoms with Crippen LogP contribution in [0, 0.1) is 0 Å². The molecule has 0 aliphatic heterocycles. The minimum absolute atomic E-state index is 1.20. The highest BCUT2D eigenvalue weighted by Gasteiger charge is 2.08. The molecule has 0 aliphatic carbocycles. The van der Waals surface area contributed by atoms with E-state index in [9.17, 15) is 0 Å². The summed E-state index contributed by atoms with van der Waals surface area (Å²) in [5.41, 5.74) is 3.13. The highest BCUT2D eigenvalue weighted by atomic mass is 14.9. The molecule has 1 heteroatoms. The molecule has 144 valence electrons. The van der Waals surface area contributed by atoms with Gasteiger partial charge in [-0.1, -0.05) is 78.6 Å². The van der Waals surface area contributed by atoms with Gasteiger partial charge in [-0.15, -0.1) is 0 Å². The Kier molecular flexibility index (Phi) is 13.7. The number of hydrogen-bond donors (Lipinski definition) is 0. The molecular weight excluding hydrogens is 302 g/mol. The second-order valence-electron chi connectivity index (χ2n) is 7.83. The van der Waals surface area contributed by atoms with Crippen LogP contribution in [0.25, 0.3) is 0 Å². The molecule has 0 saturated carbocycles. The largest absolute Gasteiger partial charge is 0.205 e. The number of pyridine rings is 1. The summed E-state index contributed by atoms with van der Waals surface area (Å²) in [6.45, 7) is 8.09. The maximum atomic E-state index is 2.50. The number of aromatic nitrogens is 1. The SMILES string of the molecule is CCCCCCC[n+]1cc(CCCCCC)cc(CCCCCC)c1. The van der Waals surface area contributed by atoms with Gasteiger partial charge in [0.25, 0.3) is 0 Å². The van der Waals surface area contributed by atoms with Crippen molar-refractivity contribution in [1.29, 1.82) is 0 Å². The molecule has 0 bridgehead atoms. The van der Waals surface area contributed by atoms with E-state index >= 15 is 0 Å². The summed E-state index contributed by atoms with van der Waals surface area (Å²) in [4.78, 5) is 0. The maximum absolute atomic E-state index is 2.50. The molecule has 25 heavy (non-hydrogen) atoms. The molecule has 0 unspecified atom stereocenters. The standard InChI is InChI=1S/C24H44N/c1-4-7-10-13-16-19-25-21-23(17-14-11-8-5-2)20-24(22-25)18-15-12-9-6-3/h20-22H,4-19H2,1-3H3/q+1. The van der Waals surface area contributed by atoms with E-state index in [0.717, 1.165) is 0 Å². The lowest BCUT2D eigenvalue weighted by molar-refractivity contribution is -0.698. The van der Waals surface area contributed by atoms with Crippen LogP contribution in [0.1, 0.15) is 115 Å². The summed E-state index contributed by atoms with van der Waals surface area (Å²) in [7, 11) is 0. The van der Waals surface area contributed by atoms with Crippen LogP contribution in [0.15, 0.2) is 18.5 Å². The molecule has 1 aromatic rings. The monoisotopic (exact) mass is 346 g/mol. The van der Waals surface area contributed by atoms with Crippen molar-refractivity contribution >= 4 is 0 Å². The Bertz CT molecular complexity index is 394. The van der Waals surface area contributed by atoms with E-state index in [2.05, 4.69) is 43.8 Å². The van der Waals surface area contributed by atoms with Crippen molar-refractivity contribution in [3.8, 4) is 0 Å². The van der Waals surface area contributed by atoms with Crippen molar-refractivity contribution in [1.82, 2.24) is 0 Å². The summed E-state index contributed by atoms with van der Waals surface area (Å²) in [6, 6.07) is 2.49. The van der Waals surface area contributed by atoms with Crippen molar-refractivity contribution in [2.45, 2.75) is 124 Å². The summed E-state index contributed by atoms with van der Waals surface area (Å²) < 4.78 is 2.50. The first-order chi connectivity index (χ1) is 12.3. The first kappa shape index (κ1) is 22.2. The van der Waals surface area contributed by atoms with E-state index in [-0.39, 0.29) is 0 Å². The number of unbranched alkanes of at least 4 members (excludes halogenated alkanes) is 10. The van der Waals surface area contributed by atoms with Crippen LogP contribution in [0.2, 0.25) is 0 Å². The fourth-order valence-electron chi connectivity index (χ4n) is 3.59. The summed E-state index contributed by atoms with van der Waals surface area (Å²) in [6.07, 6.45) is 25.1. The van der Waals surface area contributed by atoms with E-state index in [1.807, 2.05) is 0 Å². The van der Waals surface area contributed by atoms with Crippen LogP contribution in [0.5, 0.6) is 0 Å². The normalized spacial score (nSPS) is 11.2. The molecule has 0 amide bonds. The van der Waals surface area contributed by atoms with Crippen molar-refractivity contribution in [2.24, 2.45) is 0 Å².